The lowest BCUT2D eigenvalue weighted by atomic mass is 9.88. The molecule has 1 rings (SSSR count). The molecule has 0 aliphatic heterocycles. The molecule has 0 aromatic heterocycles. The van der Waals surface area contributed by atoms with Gasteiger partial charge in [0.15, 0.2) is 0 Å². The summed E-state index contributed by atoms with van der Waals surface area (Å²) < 4.78 is 0. The number of hydrogen-bond acceptors (Lipinski definition) is 2. The van der Waals surface area contributed by atoms with Crippen LogP contribution >= 0.6 is 0 Å². The number of rotatable bonds is 4. The third kappa shape index (κ3) is 2.80. The zero-order chi connectivity index (χ0) is 11.4. The van der Waals surface area contributed by atoms with Crippen molar-refractivity contribution in [2.45, 2.75) is 19.8 Å². The highest BCUT2D eigenvalue weighted by molar-refractivity contribution is 5.87. The summed E-state index contributed by atoms with van der Waals surface area (Å²) in [6.45, 7) is 4.72. The predicted molar refractivity (Wildman–Crippen MR) is 60.0 cm³/mol. The summed E-state index contributed by atoms with van der Waals surface area (Å²) in [5, 5.41) is 8.87. The van der Waals surface area contributed by atoms with Crippen LogP contribution in [-0.2, 0) is 0 Å². The van der Waals surface area contributed by atoms with Crippen molar-refractivity contribution in [2.24, 2.45) is 11.7 Å². The van der Waals surface area contributed by atoms with E-state index in [1.807, 2.05) is 6.07 Å². The maximum Gasteiger partial charge on any atom is 0.335 e. The molecule has 0 aliphatic carbocycles. The van der Waals surface area contributed by atoms with Gasteiger partial charge in [0.1, 0.15) is 0 Å². The minimum absolute atomic E-state index is 0.226. The monoisotopic (exact) mass is 207 g/mol. The standard InChI is InChI=1S/C12H17NO2/c1-8(2)11(7-13)9-4-3-5-10(6-9)12(14)15/h3-6,8,11H,7,13H2,1-2H3,(H,14,15). The van der Waals surface area contributed by atoms with E-state index in [1.54, 1.807) is 18.2 Å². The molecule has 0 fully saturated rings. The SMILES string of the molecule is CC(C)C(CN)c1cccc(C(=O)O)c1. The van der Waals surface area contributed by atoms with Crippen LogP contribution in [0.15, 0.2) is 24.3 Å². The summed E-state index contributed by atoms with van der Waals surface area (Å²) in [5.41, 5.74) is 7.02. The van der Waals surface area contributed by atoms with E-state index in [0.717, 1.165) is 5.56 Å². The first-order valence-electron chi connectivity index (χ1n) is 5.09. The van der Waals surface area contributed by atoms with Crippen LogP contribution in [0.25, 0.3) is 0 Å². The third-order valence-corrected chi connectivity index (χ3v) is 2.62. The van der Waals surface area contributed by atoms with Gasteiger partial charge in [-0.15, -0.1) is 0 Å². The number of nitrogens with two attached hydrogens (primary N) is 1. The largest absolute Gasteiger partial charge is 0.478 e. The molecule has 0 saturated heterocycles. The van der Waals surface area contributed by atoms with E-state index in [4.69, 9.17) is 10.8 Å². The molecule has 1 unspecified atom stereocenters. The van der Waals surface area contributed by atoms with Crippen molar-refractivity contribution in [1.29, 1.82) is 0 Å². The van der Waals surface area contributed by atoms with Crippen LogP contribution in [0.5, 0.6) is 0 Å². The normalized spacial score (nSPS) is 12.8. The molecule has 0 heterocycles. The van der Waals surface area contributed by atoms with Crippen LogP contribution in [0.2, 0.25) is 0 Å². The molecule has 3 heteroatoms. The van der Waals surface area contributed by atoms with Crippen molar-refractivity contribution in [1.82, 2.24) is 0 Å². The molecule has 1 aromatic carbocycles. The number of carbonyl (C=O) groups is 1. The topological polar surface area (TPSA) is 63.3 Å². The average molecular weight is 207 g/mol. The van der Waals surface area contributed by atoms with E-state index in [0.29, 0.717) is 18.0 Å². The first-order valence-corrected chi connectivity index (χ1v) is 5.09. The van der Waals surface area contributed by atoms with Crippen molar-refractivity contribution in [3.63, 3.8) is 0 Å². The van der Waals surface area contributed by atoms with Crippen molar-refractivity contribution in [2.75, 3.05) is 6.54 Å². The molecule has 0 amide bonds. The highest BCUT2D eigenvalue weighted by Gasteiger charge is 2.15. The van der Waals surface area contributed by atoms with Crippen LogP contribution in [-0.4, -0.2) is 17.6 Å². The Labute approximate surface area is 89.9 Å². The molecule has 15 heavy (non-hydrogen) atoms. The Morgan fingerprint density at radius 2 is 2.13 bits per heavy atom. The molecule has 0 aliphatic rings. The molecular formula is C12H17NO2. The maximum absolute atomic E-state index is 10.8. The Morgan fingerprint density at radius 3 is 2.60 bits per heavy atom. The van der Waals surface area contributed by atoms with Gasteiger partial charge in [-0.25, -0.2) is 4.79 Å². The molecule has 3 nitrogen and oxygen atoms in total. The summed E-state index contributed by atoms with van der Waals surface area (Å²) in [5.74, 6) is -0.250. The number of hydrogen-bond donors (Lipinski definition) is 2. The van der Waals surface area contributed by atoms with Gasteiger partial charge in [-0.05, 0) is 36.1 Å². The molecule has 0 saturated carbocycles. The maximum atomic E-state index is 10.8. The second kappa shape index (κ2) is 4.94. The lowest BCUT2D eigenvalue weighted by Gasteiger charge is -2.19. The number of carboxylic acids is 1. The minimum atomic E-state index is -0.892. The minimum Gasteiger partial charge on any atom is -0.478 e. The van der Waals surface area contributed by atoms with Gasteiger partial charge in [0.2, 0.25) is 0 Å². The highest BCUT2D eigenvalue weighted by atomic mass is 16.4. The second-order valence-electron chi connectivity index (χ2n) is 4.02. The highest BCUT2D eigenvalue weighted by Crippen LogP contribution is 2.23. The van der Waals surface area contributed by atoms with Gasteiger partial charge in [0.25, 0.3) is 0 Å². The summed E-state index contributed by atoms with van der Waals surface area (Å²) >= 11 is 0. The summed E-state index contributed by atoms with van der Waals surface area (Å²) in [6.07, 6.45) is 0. The van der Waals surface area contributed by atoms with Gasteiger partial charge >= 0.3 is 5.97 Å². The second-order valence-corrected chi connectivity index (χ2v) is 4.02. The number of benzene rings is 1. The van der Waals surface area contributed by atoms with Gasteiger partial charge in [0, 0.05) is 0 Å². The van der Waals surface area contributed by atoms with E-state index in [1.165, 1.54) is 0 Å². The van der Waals surface area contributed by atoms with Gasteiger partial charge in [-0.3, -0.25) is 0 Å². The van der Waals surface area contributed by atoms with Gasteiger partial charge in [0.05, 0.1) is 5.56 Å². The lowest BCUT2D eigenvalue weighted by molar-refractivity contribution is 0.0696. The van der Waals surface area contributed by atoms with Crippen LogP contribution < -0.4 is 5.73 Å². The van der Waals surface area contributed by atoms with E-state index in [9.17, 15) is 4.79 Å². The molecule has 3 N–H and O–H groups in total. The van der Waals surface area contributed by atoms with Crippen LogP contribution in [0.4, 0.5) is 0 Å². The average Bonchev–Trinajstić information content (AvgIpc) is 2.18. The van der Waals surface area contributed by atoms with E-state index >= 15 is 0 Å². The van der Waals surface area contributed by atoms with Crippen LogP contribution in [0.1, 0.15) is 35.7 Å². The fraction of sp³-hybridized carbons (Fsp3) is 0.417. The molecule has 82 valence electrons. The van der Waals surface area contributed by atoms with E-state index < -0.39 is 5.97 Å². The van der Waals surface area contributed by atoms with Crippen LogP contribution in [0, 0.1) is 5.92 Å². The Balaban J connectivity index is 3.03. The molecule has 0 bridgehead atoms. The van der Waals surface area contributed by atoms with Gasteiger partial charge in [-0.1, -0.05) is 26.0 Å². The van der Waals surface area contributed by atoms with Crippen molar-refractivity contribution < 1.29 is 9.90 Å². The molecule has 1 atom stereocenters. The fourth-order valence-electron chi connectivity index (χ4n) is 1.70. The van der Waals surface area contributed by atoms with Gasteiger partial charge < -0.3 is 10.8 Å². The Hall–Kier alpha value is -1.35. The van der Waals surface area contributed by atoms with Crippen molar-refractivity contribution in [3.8, 4) is 0 Å². The zero-order valence-corrected chi connectivity index (χ0v) is 9.10. The molecule has 1 aromatic rings. The smallest absolute Gasteiger partial charge is 0.335 e. The summed E-state index contributed by atoms with van der Waals surface area (Å²) in [4.78, 5) is 10.8. The Kier molecular flexibility index (Phi) is 3.86. The molecule has 0 radical (unpaired) electrons. The predicted octanol–water partition coefficient (Wildman–Crippen LogP) is 2.08. The van der Waals surface area contributed by atoms with E-state index in [-0.39, 0.29) is 5.92 Å². The Bertz CT molecular complexity index is 347. The van der Waals surface area contributed by atoms with Crippen LogP contribution in [0.3, 0.4) is 0 Å². The number of carboxylic acid groups (broad SMARTS) is 1. The first kappa shape index (κ1) is 11.7. The van der Waals surface area contributed by atoms with Gasteiger partial charge in [-0.2, -0.15) is 0 Å². The molecular weight excluding hydrogens is 190 g/mol. The first-order chi connectivity index (χ1) is 7.06. The summed E-state index contributed by atoms with van der Waals surface area (Å²) in [6, 6.07) is 7.01. The fourth-order valence-corrected chi connectivity index (χ4v) is 1.70. The van der Waals surface area contributed by atoms with E-state index in [2.05, 4.69) is 13.8 Å². The third-order valence-electron chi connectivity index (χ3n) is 2.62. The molecule has 0 spiro atoms. The zero-order valence-electron chi connectivity index (χ0n) is 9.10. The number of aromatic carboxylic acids is 1. The van der Waals surface area contributed by atoms with Crippen molar-refractivity contribution >= 4 is 5.97 Å². The van der Waals surface area contributed by atoms with Crippen molar-refractivity contribution in [3.05, 3.63) is 35.4 Å². The quantitative estimate of drug-likeness (QED) is 0.794. The lowest BCUT2D eigenvalue weighted by Crippen LogP contribution is -2.18. The Morgan fingerprint density at radius 1 is 1.47 bits per heavy atom. The summed E-state index contributed by atoms with van der Waals surface area (Å²) in [7, 11) is 0.